The van der Waals surface area contributed by atoms with Gasteiger partial charge < -0.3 is 14.6 Å². The van der Waals surface area contributed by atoms with Gasteiger partial charge in [-0.3, -0.25) is 4.90 Å². The Morgan fingerprint density at radius 1 is 1.27 bits per heavy atom. The Labute approximate surface area is 149 Å². The van der Waals surface area contributed by atoms with Crippen molar-refractivity contribution in [2.75, 3.05) is 19.7 Å². The normalized spacial score (nSPS) is 18.0. The molecule has 1 aliphatic rings. The van der Waals surface area contributed by atoms with E-state index < -0.39 is 12.6 Å². The maximum Gasteiger partial charge on any atom is 0.387 e. The summed E-state index contributed by atoms with van der Waals surface area (Å²) in [5, 5.41) is 9.09. The van der Waals surface area contributed by atoms with Crippen LogP contribution in [0.3, 0.4) is 0 Å². The van der Waals surface area contributed by atoms with E-state index in [0.29, 0.717) is 19.7 Å². The maximum absolute atomic E-state index is 12.2. The van der Waals surface area contributed by atoms with Crippen LogP contribution in [-0.4, -0.2) is 42.3 Å². The summed E-state index contributed by atoms with van der Waals surface area (Å²) in [6.45, 7) is -0.317. The largest absolute Gasteiger partial charge is 0.478 e. The number of aromatic carboxylic acids is 1. The van der Waals surface area contributed by atoms with Gasteiger partial charge in [-0.25, -0.2) is 4.79 Å². The molecule has 1 N–H and O–H groups in total. The van der Waals surface area contributed by atoms with Crippen LogP contribution >= 0.6 is 0 Å². The lowest BCUT2D eigenvalue weighted by molar-refractivity contribution is -0.0500. The number of carboxylic acid groups (broad SMARTS) is 1. The van der Waals surface area contributed by atoms with Crippen LogP contribution in [0.5, 0.6) is 5.75 Å². The zero-order valence-electron chi connectivity index (χ0n) is 14.0. The number of carbonyl (C=O) groups is 1. The molecule has 7 heteroatoms. The van der Waals surface area contributed by atoms with Gasteiger partial charge in [0.05, 0.1) is 18.3 Å². The molecule has 1 aliphatic heterocycles. The summed E-state index contributed by atoms with van der Waals surface area (Å²) in [7, 11) is 0. The molecule has 0 aromatic heterocycles. The van der Waals surface area contributed by atoms with Crippen molar-refractivity contribution in [3.63, 3.8) is 0 Å². The molecule has 1 fully saturated rings. The van der Waals surface area contributed by atoms with E-state index >= 15 is 0 Å². The second-order valence-electron chi connectivity index (χ2n) is 6.05. The number of hydrogen-bond donors (Lipinski definition) is 1. The van der Waals surface area contributed by atoms with E-state index in [1.807, 2.05) is 6.07 Å². The van der Waals surface area contributed by atoms with Crippen molar-refractivity contribution in [2.24, 2.45) is 0 Å². The summed E-state index contributed by atoms with van der Waals surface area (Å²) in [4.78, 5) is 13.3. The number of nitrogens with zero attached hydrogens (tertiary/aromatic N) is 1. The Bertz CT molecular complexity index is 751. The second-order valence-corrected chi connectivity index (χ2v) is 6.05. The summed E-state index contributed by atoms with van der Waals surface area (Å²) in [5.41, 5.74) is 2.07. The fraction of sp³-hybridized carbons (Fsp3) is 0.316. The SMILES string of the molecule is O=C(O)c1cccc(CN2CCOC(c3ccc(OC(F)F)cc3)C2)c1. The van der Waals surface area contributed by atoms with Crippen molar-refractivity contribution in [1.29, 1.82) is 0 Å². The summed E-state index contributed by atoms with van der Waals surface area (Å²) in [6.07, 6.45) is -0.174. The van der Waals surface area contributed by atoms with E-state index in [-0.39, 0.29) is 17.4 Å². The minimum Gasteiger partial charge on any atom is -0.478 e. The highest BCUT2D eigenvalue weighted by Gasteiger charge is 2.22. The second kappa shape index (κ2) is 8.25. The van der Waals surface area contributed by atoms with E-state index in [0.717, 1.165) is 17.7 Å². The van der Waals surface area contributed by atoms with Gasteiger partial charge in [-0.2, -0.15) is 8.78 Å². The Hall–Kier alpha value is -2.51. The molecule has 2 aromatic carbocycles. The maximum atomic E-state index is 12.2. The zero-order valence-corrected chi connectivity index (χ0v) is 14.0. The summed E-state index contributed by atoms with van der Waals surface area (Å²) >= 11 is 0. The van der Waals surface area contributed by atoms with Gasteiger partial charge in [0.2, 0.25) is 0 Å². The highest BCUT2D eigenvalue weighted by atomic mass is 19.3. The minimum absolute atomic E-state index is 0.113. The summed E-state index contributed by atoms with van der Waals surface area (Å²) < 4.78 is 34.6. The molecule has 5 nitrogen and oxygen atoms in total. The third kappa shape index (κ3) is 4.77. The average Bonchev–Trinajstić information content (AvgIpc) is 2.62. The molecular formula is C19H19F2NO4. The molecule has 0 amide bonds. The quantitative estimate of drug-likeness (QED) is 0.850. The van der Waals surface area contributed by atoms with E-state index in [1.54, 1.807) is 30.3 Å². The fourth-order valence-corrected chi connectivity index (χ4v) is 2.97. The van der Waals surface area contributed by atoms with Crippen LogP contribution in [0.2, 0.25) is 0 Å². The van der Waals surface area contributed by atoms with Gasteiger partial charge in [0.1, 0.15) is 5.75 Å². The third-order valence-electron chi connectivity index (χ3n) is 4.21. The lowest BCUT2D eigenvalue weighted by Crippen LogP contribution is -2.37. The zero-order chi connectivity index (χ0) is 18.5. The predicted octanol–water partition coefficient (Wildman–Crippen LogP) is 3.56. The van der Waals surface area contributed by atoms with Crippen LogP contribution in [0, 0.1) is 0 Å². The first kappa shape index (κ1) is 18.3. The molecule has 138 valence electrons. The molecule has 1 saturated heterocycles. The molecule has 1 unspecified atom stereocenters. The van der Waals surface area contributed by atoms with Crippen molar-refractivity contribution in [1.82, 2.24) is 4.90 Å². The van der Waals surface area contributed by atoms with Crippen LogP contribution < -0.4 is 4.74 Å². The van der Waals surface area contributed by atoms with E-state index in [4.69, 9.17) is 9.84 Å². The van der Waals surface area contributed by atoms with Gasteiger partial charge in [-0.15, -0.1) is 0 Å². The smallest absolute Gasteiger partial charge is 0.387 e. The van der Waals surface area contributed by atoms with E-state index in [1.165, 1.54) is 12.1 Å². The number of hydrogen-bond acceptors (Lipinski definition) is 4. The third-order valence-corrected chi connectivity index (χ3v) is 4.21. The Balaban J connectivity index is 1.64. The van der Waals surface area contributed by atoms with Gasteiger partial charge in [-0.05, 0) is 35.4 Å². The number of benzene rings is 2. The molecule has 0 radical (unpaired) electrons. The average molecular weight is 363 g/mol. The molecular weight excluding hydrogens is 344 g/mol. The molecule has 1 atom stereocenters. The molecule has 0 aliphatic carbocycles. The number of morpholine rings is 1. The highest BCUT2D eigenvalue weighted by Crippen LogP contribution is 2.25. The lowest BCUT2D eigenvalue weighted by atomic mass is 10.1. The van der Waals surface area contributed by atoms with Gasteiger partial charge in [0, 0.05) is 19.6 Å². The molecule has 1 heterocycles. The highest BCUT2D eigenvalue weighted by molar-refractivity contribution is 5.87. The molecule has 2 aromatic rings. The van der Waals surface area contributed by atoms with Crippen LogP contribution in [0.25, 0.3) is 0 Å². The number of halogens is 2. The van der Waals surface area contributed by atoms with Crippen molar-refractivity contribution in [2.45, 2.75) is 19.3 Å². The molecule has 0 saturated carbocycles. The van der Waals surface area contributed by atoms with Crippen molar-refractivity contribution in [3.8, 4) is 5.75 Å². The molecule has 26 heavy (non-hydrogen) atoms. The van der Waals surface area contributed by atoms with Gasteiger partial charge in [-0.1, -0.05) is 24.3 Å². The van der Waals surface area contributed by atoms with E-state index in [2.05, 4.69) is 9.64 Å². The Morgan fingerprint density at radius 3 is 2.73 bits per heavy atom. The number of alkyl halides is 2. The monoisotopic (exact) mass is 363 g/mol. The lowest BCUT2D eigenvalue weighted by Gasteiger charge is -2.33. The van der Waals surface area contributed by atoms with Crippen LogP contribution in [-0.2, 0) is 11.3 Å². The molecule has 0 bridgehead atoms. The summed E-state index contributed by atoms with van der Waals surface area (Å²) in [6, 6.07) is 13.3. The predicted molar refractivity (Wildman–Crippen MR) is 90.4 cm³/mol. The van der Waals surface area contributed by atoms with Crippen molar-refractivity contribution in [3.05, 3.63) is 65.2 Å². The fourth-order valence-electron chi connectivity index (χ4n) is 2.97. The summed E-state index contributed by atoms with van der Waals surface area (Å²) in [5.74, 6) is -0.834. The first-order valence-electron chi connectivity index (χ1n) is 8.22. The first-order valence-corrected chi connectivity index (χ1v) is 8.22. The molecule has 0 spiro atoms. The number of rotatable bonds is 6. The number of ether oxygens (including phenoxy) is 2. The van der Waals surface area contributed by atoms with Crippen LogP contribution in [0.1, 0.15) is 27.6 Å². The van der Waals surface area contributed by atoms with Gasteiger partial charge >= 0.3 is 12.6 Å². The number of carboxylic acids is 1. The van der Waals surface area contributed by atoms with E-state index in [9.17, 15) is 13.6 Å². The minimum atomic E-state index is -2.84. The molecule has 3 rings (SSSR count). The first-order chi connectivity index (χ1) is 12.5. The van der Waals surface area contributed by atoms with Gasteiger partial charge in [0.25, 0.3) is 0 Å². The Morgan fingerprint density at radius 2 is 2.04 bits per heavy atom. The van der Waals surface area contributed by atoms with Crippen molar-refractivity contribution < 1.29 is 28.2 Å². The standard InChI is InChI=1S/C19H19F2NO4/c20-19(21)26-16-6-4-14(5-7-16)17-12-22(8-9-25-17)11-13-2-1-3-15(10-13)18(23)24/h1-7,10,17,19H,8-9,11-12H2,(H,23,24). The van der Waals surface area contributed by atoms with Crippen LogP contribution in [0.15, 0.2) is 48.5 Å². The topological polar surface area (TPSA) is 59.0 Å². The van der Waals surface area contributed by atoms with Crippen molar-refractivity contribution >= 4 is 5.97 Å². The van der Waals surface area contributed by atoms with Gasteiger partial charge in [0.15, 0.2) is 0 Å². The Kier molecular flexibility index (Phi) is 5.80. The van der Waals surface area contributed by atoms with Crippen LogP contribution in [0.4, 0.5) is 8.78 Å².